The maximum Gasteiger partial charge on any atom is 0.167 e. The Labute approximate surface area is 159 Å². The Balaban J connectivity index is 1.84. The highest BCUT2D eigenvalue weighted by Crippen LogP contribution is 2.48. The zero-order valence-electron chi connectivity index (χ0n) is 15.8. The van der Waals surface area contributed by atoms with Crippen molar-refractivity contribution in [1.29, 1.82) is 0 Å². The van der Waals surface area contributed by atoms with E-state index >= 15 is 0 Å². The van der Waals surface area contributed by atoms with Gasteiger partial charge in [-0.25, -0.2) is 9.37 Å². The lowest BCUT2D eigenvalue weighted by Crippen LogP contribution is -2.04. The second kappa shape index (κ2) is 5.88. The van der Waals surface area contributed by atoms with Crippen LogP contribution in [0.1, 0.15) is 50.1 Å². The van der Waals surface area contributed by atoms with Gasteiger partial charge in [-0.2, -0.15) is 10.2 Å². The molecule has 1 saturated carbocycles. The maximum atomic E-state index is 14.6. The molecule has 4 aromatic rings. The summed E-state index contributed by atoms with van der Waals surface area (Å²) >= 11 is 0. The first-order valence-corrected chi connectivity index (χ1v) is 9.30. The van der Waals surface area contributed by atoms with Crippen LogP contribution in [0.15, 0.2) is 16.8 Å². The van der Waals surface area contributed by atoms with E-state index < -0.39 is 5.82 Å². The van der Waals surface area contributed by atoms with Gasteiger partial charge in [0.15, 0.2) is 5.82 Å². The highest BCUT2D eigenvalue weighted by molar-refractivity contribution is 6.02. The van der Waals surface area contributed by atoms with Gasteiger partial charge in [-0.1, -0.05) is 5.16 Å². The second-order valence-corrected chi connectivity index (χ2v) is 7.58. The number of hydrogen-bond donors (Lipinski definition) is 2. The number of nitrogen functional groups attached to an aromatic ring is 1. The molecule has 1 aliphatic rings. The summed E-state index contributed by atoms with van der Waals surface area (Å²) in [4.78, 5) is 4.00. The fourth-order valence-corrected chi connectivity index (χ4v) is 3.58. The van der Waals surface area contributed by atoms with Gasteiger partial charge in [-0.05, 0) is 39.7 Å². The molecule has 0 spiro atoms. The van der Waals surface area contributed by atoms with Crippen molar-refractivity contribution < 1.29 is 8.91 Å². The van der Waals surface area contributed by atoms with Crippen LogP contribution < -0.4 is 5.73 Å². The van der Waals surface area contributed by atoms with Crippen molar-refractivity contribution >= 4 is 16.7 Å². The van der Waals surface area contributed by atoms with Crippen molar-refractivity contribution in [3.8, 4) is 22.6 Å². The molecule has 4 aromatic heterocycles. The first-order chi connectivity index (χ1) is 13.5. The zero-order valence-corrected chi connectivity index (χ0v) is 15.8. The molecule has 0 bridgehead atoms. The Kier molecular flexibility index (Phi) is 3.55. The Morgan fingerprint density at radius 2 is 2.11 bits per heavy atom. The molecule has 0 unspecified atom stereocenters. The number of aromatic amines is 1. The van der Waals surface area contributed by atoms with Gasteiger partial charge < -0.3 is 10.3 Å². The van der Waals surface area contributed by atoms with Gasteiger partial charge in [0.05, 0.1) is 22.8 Å². The summed E-state index contributed by atoms with van der Waals surface area (Å²) < 4.78 is 22.0. The van der Waals surface area contributed by atoms with Crippen molar-refractivity contribution in [1.82, 2.24) is 30.1 Å². The quantitative estimate of drug-likeness (QED) is 0.553. The number of aromatic nitrogens is 6. The summed E-state index contributed by atoms with van der Waals surface area (Å²) in [5.41, 5.74) is 9.86. The van der Waals surface area contributed by atoms with E-state index in [-0.39, 0.29) is 11.9 Å². The standard InChI is InChI=1S/C19H20FN7O/c1-8(2)27-17-11(20)7-22-19(21)14(17)15(25-27)16-13(12-6-9(3)23-24-12)18(28-26-16)10-4-5-10/h6-8,10H,4-5H2,1-3H3,(H2,21,22)(H,23,24). The fraction of sp³-hybridized carbons (Fsp3) is 0.368. The van der Waals surface area contributed by atoms with E-state index in [9.17, 15) is 4.39 Å². The van der Waals surface area contributed by atoms with Crippen LogP contribution in [0.5, 0.6) is 0 Å². The molecule has 0 aromatic carbocycles. The van der Waals surface area contributed by atoms with Crippen LogP contribution >= 0.6 is 0 Å². The average Bonchev–Trinajstić information content (AvgIpc) is 3.08. The summed E-state index contributed by atoms with van der Waals surface area (Å²) in [5.74, 6) is 0.841. The molecule has 28 heavy (non-hydrogen) atoms. The number of halogens is 1. The topological polar surface area (TPSA) is 111 Å². The number of hydrogen-bond acceptors (Lipinski definition) is 6. The molecular formula is C19H20FN7O. The third kappa shape index (κ3) is 2.42. The molecular weight excluding hydrogens is 361 g/mol. The van der Waals surface area contributed by atoms with Crippen LogP contribution in [0.3, 0.4) is 0 Å². The molecule has 144 valence electrons. The molecule has 8 nitrogen and oxygen atoms in total. The third-order valence-corrected chi connectivity index (χ3v) is 5.05. The van der Waals surface area contributed by atoms with Gasteiger partial charge in [0.2, 0.25) is 0 Å². The van der Waals surface area contributed by atoms with Gasteiger partial charge in [0, 0.05) is 17.7 Å². The van der Waals surface area contributed by atoms with Gasteiger partial charge in [-0.15, -0.1) is 0 Å². The number of rotatable bonds is 4. The van der Waals surface area contributed by atoms with E-state index in [1.54, 1.807) is 4.68 Å². The van der Waals surface area contributed by atoms with Crippen LogP contribution in [0.2, 0.25) is 0 Å². The number of pyridine rings is 1. The predicted molar refractivity (Wildman–Crippen MR) is 102 cm³/mol. The highest BCUT2D eigenvalue weighted by Gasteiger charge is 2.35. The van der Waals surface area contributed by atoms with Crippen molar-refractivity contribution in [2.75, 3.05) is 5.73 Å². The number of nitrogens with one attached hydrogen (secondary N) is 1. The van der Waals surface area contributed by atoms with Crippen LogP contribution in [0.4, 0.5) is 10.2 Å². The summed E-state index contributed by atoms with van der Waals surface area (Å²) in [5, 5.41) is 16.8. The van der Waals surface area contributed by atoms with Gasteiger partial charge >= 0.3 is 0 Å². The van der Waals surface area contributed by atoms with Crippen LogP contribution in [0, 0.1) is 12.7 Å². The molecule has 0 aliphatic heterocycles. The predicted octanol–water partition coefficient (Wildman–Crippen LogP) is 3.96. The third-order valence-electron chi connectivity index (χ3n) is 5.05. The number of nitrogens with zero attached hydrogens (tertiary/aromatic N) is 5. The molecule has 1 aliphatic carbocycles. The Morgan fingerprint density at radius 1 is 1.32 bits per heavy atom. The van der Waals surface area contributed by atoms with E-state index in [4.69, 9.17) is 10.3 Å². The minimum absolute atomic E-state index is 0.0709. The first-order valence-electron chi connectivity index (χ1n) is 9.30. The Bertz CT molecular complexity index is 1200. The largest absolute Gasteiger partial charge is 0.383 e. The molecule has 4 heterocycles. The molecule has 5 rings (SSSR count). The summed E-state index contributed by atoms with van der Waals surface area (Å²) in [6.45, 7) is 5.80. The van der Waals surface area contributed by atoms with Gasteiger partial charge in [0.25, 0.3) is 0 Å². The number of aryl methyl sites for hydroxylation is 1. The monoisotopic (exact) mass is 381 g/mol. The SMILES string of the molecule is Cc1cc(-c2c(-c3nn(C(C)C)c4c(F)cnc(N)c34)noc2C2CC2)n[nH]1. The lowest BCUT2D eigenvalue weighted by atomic mass is 10.0. The summed E-state index contributed by atoms with van der Waals surface area (Å²) in [6.07, 6.45) is 3.22. The lowest BCUT2D eigenvalue weighted by Gasteiger charge is -2.07. The van der Waals surface area contributed by atoms with Gasteiger partial charge in [-0.3, -0.25) is 9.78 Å². The fourth-order valence-electron chi connectivity index (χ4n) is 3.58. The minimum atomic E-state index is -0.472. The van der Waals surface area contributed by atoms with Crippen molar-refractivity contribution in [3.63, 3.8) is 0 Å². The van der Waals surface area contributed by atoms with Crippen molar-refractivity contribution in [3.05, 3.63) is 29.5 Å². The molecule has 9 heteroatoms. The number of H-pyrrole nitrogens is 1. The van der Waals surface area contributed by atoms with E-state index in [2.05, 4.69) is 25.4 Å². The average molecular weight is 381 g/mol. The number of fused-ring (bicyclic) bond motifs is 1. The Morgan fingerprint density at radius 3 is 2.75 bits per heavy atom. The van der Waals surface area contributed by atoms with E-state index in [1.165, 1.54) is 0 Å². The molecule has 3 N–H and O–H groups in total. The van der Waals surface area contributed by atoms with Crippen molar-refractivity contribution in [2.24, 2.45) is 0 Å². The van der Waals surface area contributed by atoms with Crippen LogP contribution in [-0.2, 0) is 0 Å². The second-order valence-electron chi connectivity index (χ2n) is 7.58. The smallest absolute Gasteiger partial charge is 0.167 e. The molecule has 1 fully saturated rings. The molecule has 0 radical (unpaired) electrons. The highest BCUT2D eigenvalue weighted by atomic mass is 19.1. The van der Waals surface area contributed by atoms with Crippen LogP contribution in [0.25, 0.3) is 33.5 Å². The first kappa shape index (κ1) is 16.9. The van der Waals surface area contributed by atoms with Crippen LogP contribution in [-0.4, -0.2) is 30.1 Å². The van der Waals surface area contributed by atoms with E-state index in [0.717, 1.165) is 41.8 Å². The van der Waals surface area contributed by atoms with E-state index in [0.29, 0.717) is 28.2 Å². The zero-order chi connectivity index (χ0) is 19.6. The Hall–Kier alpha value is -3.23. The number of nitrogens with two attached hydrogens (primary N) is 1. The summed E-state index contributed by atoms with van der Waals surface area (Å²) in [6, 6.07) is 1.87. The molecule has 0 atom stereocenters. The number of anilines is 1. The lowest BCUT2D eigenvalue weighted by molar-refractivity contribution is 0.386. The van der Waals surface area contributed by atoms with Gasteiger partial charge in [0.1, 0.15) is 28.5 Å². The normalized spacial score (nSPS) is 14.5. The molecule has 0 amide bonds. The van der Waals surface area contributed by atoms with E-state index in [1.807, 2.05) is 26.8 Å². The molecule has 0 saturated heterocycles. The minimum Gasteiger partial charge on any atom is -0.383 e. The van der Waals surface area contributed by atoms with Crippen molar-refractivity contribution in [2.45, 2.75) is 45.6 Å². The summed E-state index contributed by atoms with van der Waals surface area (Å²) in [7, 11) is 0. The maximum absolute atomic E-state index is 14.6.